The first kappa shape index (κ1) is 16.4. The van der Waals surface area contributed by atoms with Crippen LogP contribution in [0.4, 0.5) is 8.78 Å². The largest absolute Gasteiger partial charge is 0.336 e. The minimum Gasteiger partial charge on any atom is -0.336 e. The first-order valence-corrected chi connectivity index (χ1v) is 7.66. The SMILES string of the molecule is Cc1nn(C(F)F)c(C)c1CC(=O)N1CCc2c(n(C)[nH]c2=O)C1. The number of aromatic amines is 1. The van der Waals surface area contributed by atoms with Crippen LogP contribution in [0.5, 0.6) is 0 Å². The van der Waals surface area contributed by atoms with Gasteiger partial charge >= 0.3 is 6.55 Å². The summed E-state index contributed by atoms with van der Waals surface area (Å²) in [5.41, 5.74) is 2.66. The van der Waals surface area contributed by atoms with Crippen molar-refractivity contribution in [2.75, 3.05) is 6.54 Å². The molecule has 1 amide bonds. The molecule has 1 aliphatic rings. The van der Waals surface area contributed by atoms with Gasteiger partial charge in [-0.05, 0) is 20.3 Å². The molecular formula is C15H19F2N5O2. The van der Waals surface area contributed by atoms with Crippen LogP contribution in [0.25, 0.3) is 0 Å². The zero-order valence-electron chi connectivity index (χ0n) is 13.8. The maximum Gasteiger partial charge on any atom is 0.333 e. The number of nitrogens with zero attached hydrogens (tertiary/aromatic N) is 4. The van der Waals surface area contributed by atoms with Crippen LogP contribution in [0, 0.1) is 13.8 Å². The van der Waals surface area contributed by atoms with Crippen molar-refractivity contribution in [3.8, 4) is 0 Å². The highest BCUT2D eigenvalue weighted by Crippen LogP contribution is 2.22. The molecule has 130 valence electrons. The van der Waals surface area contributed by atoms with Crippen molar-refractivity contribution in [3.63, 3.8) is 0 Å². The second-order valence-corrected chi connectivity index (χ2v) is 6.04. The zero-order chi connectivity index (χ0) is 17.6. The summed E-state index contributed by atoms with van der Waals surface area (Å²) in [4.78, 5) is 26.0. The molecule has 0 spiro atoms. The molecule has 0 saturated carbocycles. The monoisotopic (exact) mass is 339 g/mol. The quantitative estimate of drug-likeness (QED) is 0.908. The predicted molar refractivity (Wildman–Crippen MR) is 81.8 cm³/mol. The normalized spacial score (nSPS) is 14.3. The Balaban J connectivity index is 1.80. The molecular weight excluding hydrogens is 320 g/mol. The van der Waals surface area contributed by atoms with Gasteiger partial charge in [-0.1, -0.05) is 0 Å². The van der Waals surface area contributed by atoms with Crippen LogP contribution >= 0.6 is 0 Å². The average molecular weight is 339 g/mol. The number of hydrogen-bond acceptors (Lipinski definition) is 3. The Bertz CT molecular complexity index is 849. The summed E-state index contributed by atoms with van der Waals surface area (Å²) in [5.74, 6) is -0.158. The number of amides is 1. The lowest BCUT2D eigenvalue weighted by atomic mass is 10.1. The van der Waals surface area contributed by atoms with Gasteiger partial charge in [-0.25, -0.2) is 4.68 Å². The molecule has 1 aliphatic heterocycles. The molecule has 0 bridgehead atoms. The molecule has 0 unspecified atom stereocenters. The minimum atomic E-state index is -2.72. The lowest BCUT2D eigenvalue weighted by molar-refractivity contribution is -0.131. The second-order valence-electron chi connectivity index (χ2n) is 6.04. The van der Waals surface area contributed by atoms with E-state index in [4.69, 9.17) is 0 Å². The van der Waals surface area contributed by atoms with Gasteiger partial charge in [0.05, 0.1) is 24.4 Å². The van der Waals surface area contributed by atoms with Crippen molar-refractivity contribution < 1.29 is 13.6 Å². The highest BCUT2D eigenvalue weighted by molar-refractivity contribution is 5.79. The number of aromatic nitrogens is 4. The average Bonchev–Trinajstić information content (AvgIpc) is 2.97. The van der Waals surface area contributed by atoms with E-state index in [2.05, 4.69) is 10.2 Å². The summed E-state index contributed by atoms with van der Waals surface area (Å²) in [6.07, 6.45) is 0.517. The van der Waals surface area contributed by atoms with E-state index in [0.29, 0.717) is 46.7 Å². The Labute approximate surface area is 136 Å². The molecule has 2 aromatic heterocycles. The van der Waals surface area contributed by atoms with Crippen molar-refractivity contribution >= 4 is 5.91 Å². The lowest BCUT2D eigenvalue weighted by Crippen LogP contribution is -2.38. The zero-order valence-corrected chi connectivity index (χ0v) is 13.8. The molecule has 0 fully saturated rings. The summed E-state index contributed by atoms with van der Waals surface area (Å²) in [5, 5.41) is 6.49. The van der Waals surface area contributed by atoms with Crippen LogP contribution in [0.3, 0.4) is 0 Å². The van der Waals surface area contributed by atoms with E-state index in [1.54, 1.807) is 30.5 Å². The second kappa shape index (κ2) is 5.88. The lowest BCUT2D eigenvalue weighted by Gasteiger charge is -2.27. The maximum atomic E-state index is 12.9. The smallest absolute Gasteiger partial charge is 0.333 e. The number of nitrogens with one attached hydrogen (secondary N) is 1. The summed E-state index contributed by atoms with van der Waals surface area (Å²) in [6, 6.07) is 0. The fraction of sp³-hybridized carbons (Fsp3) is 0.533. The van der Waals surface area contributed by atoms with Crippen molar-refractivity contribution in [2.45, 2.75) is 39.8 Å². The fourth-order valence-corrected chi connectivity index (χ4v) is 3.21. The summed E-state index contributed by atoms with van der Waals surface area (Å²) in [6.45, 7) is 1.22. The number of carbonyl (C=O) groups is 1. The van der Waals surface area contributed by atoms with Gasteiger partial charge in [0, 0.05) is 30.4 Å². The maximum absolute atomic E-state index is 12.9. The number of aryl methyl sites for hydroxylation is 2. The molecule has 7 nitrogen and oxygen atoms in total. The molecule has 2 aromatic rings. The Hall–Kier alpha value is -2.45. The van der Waals surface area contributed by atoms with Crippen LogP contribution in [0.1, 0.15) is 34.8 Å². The van der Waals surface area contributed by atoms with Gasteiger partial charge in [-0.2, -0.15) is 13.9 Å². The number of hydrogen-bond donors (Lipinski definition) is 1. The molecule has 0 radical (unpaired) electrons. The topological polar surface area (TPSA) is 75.9 Å². The van der Waals surface area contributed by atoms with Crippen molar-refractivity contribution in [1.82, 2.24) is 24.5 Å². The Morgan fingerprint density at radius 1 is 1.38 bits per heavy atom. The highest BCUT2D eigenvalue weighted by atomic mass is 19.3. The van der Waals surface area contributed by atoms with Crippen LogP contribution in [-0.4, -0.2) is 36.9 Å². The summed E-state index contributed by atoms with van der Waals surface area (Å²) in [7, 11) is 1.73. The van der Waals surface area contributed by atoms with E-state index in [-0.39, 0.29) is 17.9 Å². The Kier molecular flexibility index (Phi) is 4.02. The van der Waals surface area contributed by atoms with Crippen molar-refractivity contribution in [1.29, 1.82) is 0 Å². The third-order valence-electron chi connectivity index (χ3n) is 4.61. The van der Waals surface area contributed by atoms with Gasteiger partial charge in [0.25, 0.3) is 5.56 Å². The van der Waals surface area contributed by atoms with Gasteiger partial charge in [0.2, 0.25) is 5.91 Å². The van der Waals surface area contributed by atoms with Gasteiger partial charge in [-0.15, -0.1) is 0 Å². The number of H-pyrrole nitrogens is 1. The molecule has 9 heteroatoms. The highest BCUT2D eigenvalue weighted by Gasteiger charge is 2.27. The van der Waals surface area contributed by atoms with Gasteiger partial charge < -0.3 is 4.90 Å². The molecule has 1 N–H and O–H groups in total. The first-order valence-electron chi connectivity index (χ1n) is 7.66. The van der Waals surface area contributed by atoms with Crippen molar-refractivity contribution in [3.05, 3.63) is 38.6 Å². The minimum absolute atomic E-state index is 0.0259. The summed E-state index contributed by atoms with van der Waals surface area (Å²) < 4.78 is 28.1. The summed E-state index contributed by atoms with van der Waals surface area (Å²) >= 11 is 0. The van der Waals surface area contributed by atoms with Gasteiger partial charge in [0.15, 0.2) is 0 Å². The molecule has 3 rings (SSSR count). The Morgan fingerprint density at radius 2 is 2.08 bits per heavy atom. The first-order chi connectivity index (χ1) is 11.3. The number of halogens is 2. The van der Waals surface area contributed by atoms with Crippen LogP contribution in [0.2, 0.25) is 0 Å². The van der Waals surface area contributed by atoms with E-state index in [1.165, 1.54) is 0 Å². The van der Waals surface area contributed by atoms with E-state index < -0.39 is 6.55 Å². The molecule has 3 heterocycles. The molecule has 24 heavy (non-hydrogen) atoms. The number of alkyl halides is 2. The van der Waals surface area contributed by atoms with Crippen molar-refractivity contribution in [2.24, 2.45) is 7.05 Å². The standard InChI is InChI=1S/C15H19F2N5O2/c1-8-11(9(2)22(18-8)15(16)17)6-13(23)21-5-4-10-12(7-21)20(3)19-14(10)24/h15H,4-7H2,1-3H3,(H,19,24). The molecule has 0 atom stereocenters. The van der Waals surface area contributed by atoms with E-state index in [9.17, 15) is 18.4 Å². The third kappa shape index (κ3) is 2.63. The van der Waals surface area contributed by atoms with E-state index >= 15 is 0 Å². The Morgan fingerprint density at radius 3 is 2.71 bits per heavy atom. The number of carbonyl (C=O) groups excluding carboxylic acids is 1. The van der Waals surface area contributed by atoms with E-state index in [1.807, 2.05) is 0 Å². The predicted octanol–water partition coefficient (Wildman–Crippen LogP) is 1.05. The number of rotatable bonds is 3. The fourth-order valence-electron chi connectivity index (χ4n) is 3.21. The third-order valence-corrected chi connectivity index (χ3v) is 4.61. The molecule has 0 aliphatic carbocycles. The van der Waals surface area contributed by atoms with Crippen LogP contribution < -0.4 is 5.56 Å². The van der Waals surface area contributed by atoms with Gasteiger partial charge in [-0.3, -0.25) is 19.4 Å². The van der Waals surface area contributed by atoms with E-state index in [0.717, 1.165) is 5.69 Å². The molecule has 0 saturated heterocycles. The molecule has 0 aromatic carbocycles. The number of fused-ring (bicyclic) bond motifs is 1. The van der Waals surface area contributed by atoms with Crippen LogP contribution in [0.15, 0.2) is 4.79 Å². The van der Waals surface area contributed by atoms with Crippen LogP contribution in [-0.2, 0) is 31.2 Å². The van der Waals surface area contributed by atoms with Gasteiger partial charge in [0.1, 0.15) is 0 Å².